The van der Waals surface area contributed by atoms with Crippen LogP contribution in [0.2, 0.25) is 0 Å². The summed E-state index contributed by atoms with van der Waals surface area (Å²) in [5.41, 5.74) is 0. The minimum Gasteiger partial charge on any atom is -0.380 e. The van der Waals surface area contributed by atoms with E-state index in [4.69, 9.17) is 4.74 Å². The lowest BCUT2D eigenvalue weighted by Crippen LogP contribution is -2.40. The minimum atomic E-state index is -0.404. The Morgan fingerprint density at radius 3 is 2.87 bits per heavy atom. The van der Waals surface area contributed by atoms with Crippen molar-refractivity contribution in [1.29, 1.82) is 0 Å². The van der Waals surface area contributed by atoms with E-state index in [1.54, 1.807) is 7.11 Å². The second-order valence-corrected chi connectivity index (χ2v) is 3.65. The van der Waals surface area contributed by atoms with Gasteiger partial charge in [0, 0.05) is 20.2 Å². The van der Waals surface area contributed by atoms with Gasteiger partial charge < -0.3 is 9.64 Å². The Morgan fingerprint density at radius 1 is 1.47 bits per heavy atom. The lowest BCUT2D eigenvalue weighted by molar-refractivity contribution is 0.0889. The van der Waals surface area contributed by atoms with Gasteiger partial charge in [-0.05, 0) is 12.8 Å². The second-order valence-electron chi connectivity index (χ2n) is 3.65. The molecule has 5 heteroatoms. The molecule has 0 unspecified atom stereocenters. The number of piperidine rings is 1. The molecule has 1 saturated heterocycles. The normalized spacial score (nSPS) is 21.7. The minimum absolute atomic E-state index is 0.229. The van der Waals surface area contributed by atoms with Gasteiger partial charge in [-0.15, -0.1) is 0 Å². The number of nitrogens with zero attached hydrogens (tertiary/aromatic N) is 3. The van der Waals surface area contributed by atoms with Crippen LogP contribution in [0, 0.1) is 5.82 Å². The van der Waals surface area contributed by atoms with Crippen LogP contribution in [-0.2, 0) is 4.74 Å². The van der Waals surface area contributed by atoms with Gasteiger partial charge in [-0.1, -0.05) is 0 Å². The van der Waals surface area contributed by atoms with E-state index in [-0.39, 0.29) is 6.10 Å². The maximum atomic E-state index is 12.6. The number of halogens is 1. The van der Waals surface area contributed by atoms with E-state index in [1.807, 2.05) is 4.90 Å². The van der Waals surface area contributed by atoms with Crippen molar-refractivity contribution < 1.29 is 9.13 Å². The van der Waals surface area contributed by atoms with E-state index in [0.717, 1.165) is 25.9 Å². The topological polar surface area (TPSA) is 38.2 Å². The van der Waals surface area contributed by atoms with Crippen molar-refractivity contribution in [3.05, 3.63) is 18.2 Å². The fraction of sp³-hybridized carbons (Fsp3) is 0.600. The van der Waals surface area contributed by atoms with E-state index in [0.29, 0.717) is 5.95 Å². The SMILES string of the molecule is CO[C@H]1CCCN(c2ncc(F)cn2)C1. The van der Waals surface area contributed by atoms with E-state index >= 15 is 0 Å². The number of rotatable bonds is 2. The molecule has 0 radical (unpaired) electrons. The smallest absolute Gasteiger partial charge is 0.225 e. The molecule has 1 aromatic rings. The van der Waals surface area contributed by atoms with Gasteiger partial charge in [0.25, 0.3) is 0 Å². The van der Waals surface area contributed by atoms with Crippen LogP contribution in [0.3, 0.4) is 0 Å². The summed E-state index contributed by atoms with van der Waals surface area (Å²) >= 11 is 0. The van der Waals surface area contributed by atoms with Gasteiger partial charge in [-0.2, -0.15) is 0 Å². The van der Waals surface area contributed by atoms with Gasteiger partial charge in [-0.25, -0.2) is 14.4 Å². The molecule has 0 bridgehead atoms. The first kappa shape index (κ1) is 10.3. The Bertz CT molecular complexity index is 317. The Balaban J connectivity index is 2.06. The molecule has 1 aliphatic rings. The summed E-state index contributed by atoms with van der Waals surface area (Å²) in [5, 5.41) is 0. The lowest BCUT2D eigenvalue weighted by atomic mass is 10.1. The summed E-state index contributed by atoms with van der Waals surface area (Å²) in [6.07, 6.45) is 4.73. The molecule has 0 aliphatic carbocycles. The van der Waals surface area contributed by atoms with E-state index in [9.17, 15) is 4.39 Å². The highest BCUT2D eigenvalue weighted by atomic mass is 19.1. The first-order valence-corrected chi connectivity index (χ1v) is 5.05. The predicted octanol–water partition coefficient (Wildman–Crippen LogP) is 1.23. The monoisotopic (exact) mass is 211 g/mol. The van der Waals surface area contributed by atoms with Crippen molar-refractivity contribution >= 4 is 5.95 Å². The second kappa shape index (κ2) is 4.53. The Hall–Kier alpha value is -1.23. The van der Waals surface area contributed by atoms with Gasteiger partial charge in [0.1, 0.15) is 0 Å². The quantitative estimate of drug-likeness (QED) is 0.737. The molecule has 2 heterocycles. The molecule has 0 saturated carbocycles. The van der Waals surface area contributed by atoms with Gasteiger partial charge in [-0.3, -0.25) is 0 Å². The molecule has 1 atom stereocenters. The van der Waals surface area contributed by atoms with E-state index in [2.05, 4.69) is 9.97 Å². The van der Waals surface area contributed by atoms with E-state index in [1.165, 1.54) is 12.4 Å². The number of hydrogen-bond donors (Lipinski definition) is 0. The molecular weight excluding hydrogens is 197 g/mol. The van der Waals surface area contributed by atoms with Gasteiger partial charge in [0.05, 0.1) is 18.5 Å². The molecule has 15 heavy (non-hydrogen) atoms. The highest BCUT2D eigenvalue weighted by Crippen LogP contribution is 2.16. The van der Waals surface area contributed by atoms with Crippen molar-refractivity contribution in [3.63, 3.8) is 0 Å². The highest BCUT2D eigenvalue weighted by molar-refractivity contribution is 5.29. The van der Waals surface area contributed by atoms with Crippen molar-refractivity contribution in [2.24, 2.45) is 0 Å². The van der Waals surface area contributed by atoms with Crippen LogP contribution in [0.5, 0.6) is 0 Å². The molecule has 82 valence electrons. The summed E-state index contributed by atoms with van der Waals surface area (Å²) in [4.78, 5) is 9.93. The average molecular weight is 211 g/mol. The van der Waals surface area contributed by atoms with Crippen LogP contribution in [0.25, 0.3) is 0 Å². The molecule has 1 fully saturated rings. The Labute approximate surface area is 88.1 Å². The Morgan fingerprint density at radius 2 is 2.20 bits per heavy atom. The van der Waals surface area contributed by atoms with Crippen LogP contribution >= 0.6 is 0 Å². The zero-order chi connectivity index (χ0) is 10.7. The third-order valence-electron chi connectivity index (χ3n) is 2.60. The summed E-state index contributed by atoms with van der Waals surface area (Å²) < 4.78 is 17.9. The highest BCUT2D eigenvalue weighted by Gasteiger charge is 2.21. The molecule has 1 aliphatic heterocycles. The molecule has 0 spiro atoms. The molecule has 4 nitrogen and oxygen atoms in total. The average Bonchev–Trinajstić information content (AvgIpc) is 2.30. The molecule has 0 amide bonds. The lowest BCUT2D eigenvalue weighted by Gasteiger charge is -2.31. The number of aromatic nitrogens is 2. The third kappa shape index (κ3) is 2.41. The summed E-state index contributed by atoms with van der Waals surface area (Å²) in [7, 11) is 1.71. The molecule has 2 rings (SSSR count). The maximum absolute atomic E-state index is 12.6. The third-order valence-corrected chi connectivity index (χ3v) is 2.60. The summed E-state index contributed by atoms with van der Waals surface area (Å²) in [6.45, 7) is 1.69. The van der Waals surface area contributed by atoms with Crippen LogP contribution in [-0.4, -0.2) is 36.3 Å². The van der Waals surface area contributed by atoms with Crippen LogP contribution < -0.4 is 4.90 Å². The van der Waals surface area contributed by atoms with Gasteiger partial charge in [0.2, 0.25) is 5.95 Å². The van der Waals surface area contributed by atoms with Crippen molar-refractivity contribution in [2.45, 2.75) is 18.9 Å². The van der Waals surface area contributed by atoms with Crippen LogP contribution in [0.1, 0.15) is 12.8 Å². The maximum Gasteiger partial charge on any atom is 0.225 e. The van der Waals surface area contributed by atoms with Crippen LogP contribution in [0.15, 0.2) is 12.4 Å². The predicted molar refractivity (Wildman–Crippen MR) is 54.2 cm³/mol. The molecule has 0 aromatic carbocycles. The zero-order valence-corrected chi connectivity index (χ0v) is 8.69. The largest absolute Gasteiger partial charge is 0.380 e. The van der Waals surface area contributed by atoms with Crippen LogP contribution in [0.4, 0.5) is 10.3 Å². The van der Waals surface area contributed by atoms with Gasteiger partial charge >= 0.3 is 0 Å². The molecular formula is C10H14FN3O. The summed E-state index contributed by atoms with van der Waals surface area (Å²) in [6, 6.07) is 0. The Kier molecular flexibility index (Phi) is 3.11. The van der Waals surface area contributed by atoms with Crippen molar-refractivity contribution in [1.82, 2.24) is 9.97 Å². The van der Waals surface area contributed by atoms with Crippen molar-refractivity contribution in [2.75, 3.05) is 25.1 Å². The fourth-order valence-electron chi connectivity index (χ4n) is 1.78. The first-order chi connectivity index (χ1) is 7.29. The zero-order valence-electron chi connectivity index (χ0n) is 8.69. The summed E-state index contributed by atoms with van der Waals surface area (Å²) in [5.74, 6) is 0.178. The fourth-order valence-corrected chi connectivity index (χ4v) is 1.78. The van der Waals surface area contributed by atoms with Crippen molar-refractivity contribution in [3.8, 4) is 0 Å². The number of ether oxygens (including phenoxy) is 1. The molecule has 1 aromatic heterocycles. The number of methoxy groups -OCH3 is 1. The first-order valence-electron chi connectivity index (χ1n) is 5.05. The number of hydrogen-bond acceptors (Lipinski definition) is 4. The molecule has 0 N–H and O–H groups in total. The van der Waals surface area contributed by atoms with E-state index < -0.39 is 5.82 Å². The standard InChI is InChI=1S/C10H14FN3O/c1-15-9-3-2-4-14(7-9)10-12-5-8(11)6-13-10/h5-6,9H,2-4,7H2,1H3/t9-/m0/s1. The number of anilines is 1. The van der Waals surface area contributed by atoms with Gasteiger partial charge in [0.15, 0.2) is 5.82 Å².